The molecule has 1 aromatic rings. The third-order valence-electron chi connectivity index (χ3n) is 1.47. The Morgan fingerprint density at radius 2 is 2.31 bits per heavy atom. The molecule has 72 valence electrons. The molecule has 4 nitrogen and oxygen atoms in total. The van der Waals surface area contributed by atoms with Crippen molar-refractivity contribution in [3.8, 4) is 0 Å². The van der Waals surface area contributed by atoms with Crippen molar-refractivity contribution < 1.29 is 4.79 Å². The number of rotatable bonds is 2. The maximum atomic E-state index is 11.4. The van der Waals surface area contributed by atoms with Crippen LogP contribution >= 0.6 is 0 Å². The molecule has 1 aromatic heterocycles. The molecule has 0 atom stereocenters. The number of hydrogen-bond donors (Lipinski definition) is 2. The Morgan fingerprint density at radius 3 is 2.77 bits per heavy atom. The standard InChI is InChI=1S/C9H15N3O/c1-9(2,3)6-8(13)11-7-4-5-10-12-7/h4-5H,6H2,1-3H3,(H2,10,11,12,13). The Morgan fingerprint density at radius 1 is 1.62 bits per heavy atom. The molecule has 1 rings (SSSR count). The van der Waals surface area contributed by atoms with E-state index in [2.05, 4.69) is 15.5 Å². The van der Waals surface area contributed by atoms with Crippen molar-refractivity contribution in [3.05, 3.63) is 12.3 Å². The van der Waals surface area contributed by atoms with Crippen molar-refractivity contribution >= 4 is 11.7 Å². The number of anilines is 1. The molecule has 4 heteroatoms. The van der Waals surface area contributed by atoms with Gasteiger partial charge in [0.1, 0.15) is 5.82 Å². The highest BCUT2D eigenvalue weighted by Crippen LogP contribution is 2.18. The van der Waals surface area contributed by atoms with Gasteiger partial charge in [0.15, 0.2) is 0 Å². The van der Waals surface area contributed by atoms with E-state index in [1.165, 1.54) is 0 Å². The molecule has 0 aliphatic rings. The number of H-pyrrole nitrogens is 1. The third-order valence-corrected chi connectivity index (χ3v) is 1.47. The van der Waals surface area contributed by atoms with Crippen LogP contribution < -0.4 is 5.32 Å². The highest BCUT2D eigenvalue weighted by atomic mass is 16.1. The largest absolute Gasteiger partial charge is 0.311 e. The lowest BCUT2D eigenvalue weighted by Crippen LogP contribution is -2.19. The Balaban J connectivity index is 2.43. The summed E-state index contributed by atoms with van der Waals surface area (Å²) in [6.07, 6.45) is 2.11. The fraction of sp³-hybridized carbons (Fsp3) is 0.556. The first-order chi connectivity index (χ1) is 5.97. The minimum atomic E-state index is 0.0109. The maximum absolute atomic E-state index is 11.4. The van der Waals surface area contributed by atoms with E-state index in [-0.39, 0.29) is 11.3 Å². The molecule has 0 aliphatic heterocycles. The minimum absolute atomic E-state index is 0.0109. The zero-order valence-electron chi connectivity index (χ0n) is 8.22. The number of amides is 1. The molecule has 0 aromatic carbocycles. The monoisotopic (exact) mass is 181 g/mol. The molecule has 0 fully saturated rings. The van der Waals surface area contributed by atoms with Gasteiger partial charge in [0.25, 0.3) is 0 Å². The van der Waals surface area contributed by atoms with E-state index in [9.17, 15) is 4.79 Å². The zero-order valence-corrected chi connectivity index (χ0v) is 8.22. The summed E-state index contributed by atoms with van der Waals surface area (Å²) in [5.41, 5.74) is 0.0180. The van der Waals surface area contributed by atoms with Gasteiger partial charge in [-0.15, -0.1) is 0 Å². The molecule has 2 N–H and O–H groups in total. The van der Waals surface area contributed by atoms with Crippen LogP contribution in [-0.4, -0.2) is 16.1 Å². The molecule has 0 saturated carbocycles. The highest BCUT2D eigenvalue weighted by molar-refractivity contribution is 5.90. The SMILES string of the molecule is CC(C)(C)CC(=O)Nc1ccn[nH]1. The van der Waals surface area contributed by atoms with Gasteiger partial charge >= 0.3 is 0 Å². The topological polar surface area (TPSA) is 57.8 Å². The summed E-state index contributed by atoms with van der Waals surface area (Å²) in [6, 6.07) is 1.72. The molecule has 0 saturated heterocycles. The molecule has 13 heavy (non-hydrogen) atoms. The Hall–Kier alpha value is -1.32. The second kappa shape index (κ2) is 3.60. The first kappa shape index (κ1) is 9.77. The van der Waals surface area contributed by atoms with E-state index in [1.54, 1.807) is 12.3 Å². The number of hydrogen-bond acceptors (Lipinski definition) is 2. The second-order valence-corrected chi connectivity index (χ2v) is 4.26. The van der Waals surface area contributed by atoms with Crippen LogP contribution in [0.3, 0.4) is 0 Å². The van der Waals surface area contributed by atoms with Crippen molar-refractivity contribution in [2.24, 2.45) is 5.41 Å². The molecule has 0 unspecified atom stereocenters. The number of nitrogens with zero attached hydrogens (tertiary/aromatic N) is 1. The van der Waals surface area contributed by atoms with Gasteiger partial charge in [0.05, 0.1) is 6.20 Å². The van der Waals surface area contributed by atoms with E-state index < -0.39 is 0 Å². The third kappa shape index (κ3) is 3.73. The van der Waals surface area contributed by atoms with E-state index in [0.29, 0.717) is 12.2 Å². The van der Waals surface area contributed by atoms with E-state index in [0.717, 1.165) is 0 Å². The predicted molar refractivity (Wildman–Crippen MR) is 51.3 cm³/mol. The average Bonchev–Trinajstić information content (AvgIpc) is 2.34. The number of aromatic amines is 1. The Bertz CT molecular complexity index is 272. The minimum Gasteiger partial charge on any atom is -0.311 e. The van der Waals surface area contributed by atoms with E-state index in [1.807, 2.05) is 20.8 Å². The smallest absolute Gasteiger partial charge is 0.226 e. The maximum Gasteiger partial charge on any atom is 0.226 e. The van der Waals surface area contributed by atoms with Crippen LogP contribution in [0.4, 0.5) is 5.82 Å². The van der Waals surface area contributed by atoms with Crippen LogP contribution in [0.5, 0.6) is 0 Å². The van der Waals surface area contributed by atoms with Gasteiger partial charge in [0, 0.05) is 12.5 Å². The predicted octanol–water partition coefficient (Wildman–Crippen LogP) is 1.78. The van der Waals surface area contributed by atoms with Gasteiger partial charge in [-0.25, -0.2) is 0 Å². The molecule has 0 aliphatic carbocycles. The summed E-state index contributed by atoms with van der Waals surface area (Å²) in [5.74, 6) is 0.658. The van der Waals surface area contributed by atoms with Gasteiger partial charge < -0.3 is 5.32 Å². The summed E-state index contributed by atoms with van der Waals surface area (Å²) in [6.45, 7) is 6.08. The normalized spacial score (nSPS) is 11.3. The van der Waals surface area contributed by atoms with E-state index >= 15 is 0 Å². The van der Waals surface area contributed by atoms with Crippen LogP contribution in [0.2, 0.25) is 0 Å². The Kier molecular flexibility index (Phi) is 2.70. The number of aromatic nitrogens is 2. The van der Waals surface area contributed by atoms with Crippen molar-refractivity contribution in [1.82, 2.24) is 10.2 Å². The molecular formula is C9H15N3O. The van der Waals surface area contributed by atoms with Gasteiger partial charge in [-0.1, -0.05) is 20.8 Å². The van der Waals surface area contributed by atoms with E-state index in [4.69, 9.17) is 0 Å². The average molecular weight is 181 g/mol. The first-order valence-electron chi connectivity index (χ1n) is 4.27. The quantitative estimate of drug-likeness (QED) is 0.730. The van der Waals surface area contributed by atoms with Crippen molar-refractivity contribution in [1.29, 1.82) is 0 Å². The Labute approximate surface area is 77.7 Å². The number of carbonyl (C=O) groups excluding carboxylic acids is 1. The molecular weight excluding hydrogens is 166 g/mol. The van der Waals surface area contributed by atoms with Gasteiger partial charge in [-0.05, 0) is 5.41 Å². The van der Waals surface area contributed by atoms with Crippen LogP contribution in [0.1, 0.15) is 27.2 Å². The van der Waals surface area contributed by atoms with Crippen LogP contribution in [0.15, 0.2) is 12.3 Å². The highest BCUT2D eigenvalue weighted by Gasteiger charge is 2.15. The molecule has 0 bridgehead atoms. The molecule has 1 amide bonds. The number of carbonyl (C=O) groups is 1. The molecule has 0 spiro atoms. The lowest BCUT2D eigenvalue weighted by molar-refractivity contribution is -0.117. The summed E-state index contributed by atoms with van der Waals surface area (Å²) in [7, 11) is 0. The van der Waals surface area contributed by atoms with Crippen molar-refractivity contribution in [2.75, 3.05) is 5.32 Å². The van der Waals surface area contributed by atoms with Gasteiger partial charge in [0.2, 0.25) is 5.91 Å². The van der Waals surface area contributed by atoms with Crippen LogP contribution in [0.25, 0.3) is 0 Å². The molecule has 1 heterocycles. The summed E-state index contributed by atoms with van der Waals surface area (Å²) < 4.78 is 0. The molecule has 0 radical (unpaired) electrons. The van der Waals surface area contributed by atoms with Crippen molar-refractivity contribution in [2.45, 2.75) is 27.2 Å². The fourth-order valence-electron chi connectivity index (χ4n) is 1.00. The lowest BCUT2D eigenvalue weighted by Gasteiger charge is -2.16. The second-order valence-electron chi connectivity index (χ2n) is 4.26. The fourth-order valence-corrected chi connectivity index (χ4v) is 1.00. The first-order valence-corrected chi connectivity index (χ1v) is 4.27. The van der Waals surface area contributed by atoms with Crippen molar-refractivity contribution in [3.63, 3.8) is 0 Å². The summed E-state index contributed by atoms with van der Waals surface area (Å²) >= 11 is 0. The van der Waals surface area contributed by atoms with Crippen LogP contribution in [-0.2, 0) is 4.79 Å². The van der Waals surface area contributed by atoms with Gasteiger partial charge in [-0.2, -0.15) is 5.10 Å². The lowest BCUT2D eigenvalue weighted by atomic mass is 9.92. The zero-order chi connectivity index (χ0) is 9.90. The summed E-state index contributed by atoms with van der Waals surface area (Å²) in [4.78, 5) is 11.4. The summed E-state index contributed by atoms with van der Waals surface area (Å²) in [5, 5.41) is 9.13. The van der Waals surface area contributed by atoms with Gasteiger partial charge in [-0.3, -0.25) is 9.89 Å². The van der Waals surface area contributed by atoms with Crippen LogP contribution in [0, 0.1) is 5.41 Å². The number of nitrogens with one attached hydrogen (secondary N) is 2.